The van der Waals surface area contributed by atoms with E-state index in [9.17, 15) is 4.79 Å². The third-order valence-corrected chi connectivity index (χ3v) is 3.08. The predicted molar refractivity (Wildman–Crippen MR) is 78.3 cm³/mol. The Morgan fingerprint density at radius 1 is 1.33 bits per heavy atom. The number of halogens is 1. The van der Waals surface area contributed by atoms with Crippen LogP contribution in [0.1, 0.15) is 11.3 Å². The third kappa shape index (κ3) is 3.49. The average Bonchev–Trinajstić information content (AvgIpc) is 2.35. The highest BCUT2D eigenvalue weighted by atomic mass is 127. The first-order valence-corrected chi connectivity index (χ1v) is 6.55. The number of aryl methyl sites for hydroxylation is 1. The van der Waals surface area contributed by atoms with Crippen molar-refractivity contribution in [1.29, 1.82) is 0 Å². The van der Waals surface area contributed by atoms with Crippen LogP contribution in [0.2, 0.25) is 0 Å². The lowest BCUT2D eigenvalue weighted by molar-refractivity contribution is -0.115. The number of carbonyl (C=O) groups is 1. The van der Waals surface area contributed by atoms with Crippen molar-refractivity contribution in [2.24, 2.45) is 0 Å². The van der Waals surface area contributed by atoms with Gasteiger partial charge in [0.15, 0.2) is 0 Å². The lowest BCUT2D eigenvalue weighted by atomic mass is 10.1. The summed E-state index contributed by atoms with van der Waals surface area (Å²) < 4.78 is 1.03. The Kier molecular flexibility index (Phi) is 4.24. The molecule has 0 aliphatic carbocycles. The zero-order valence-electron chi connectivity index (χ0n) is 9.85. The number of pyridine rings is 2. The molecule has 0 aliphatic heterocycles. The second kappa shape index (κ2) is 5.90. The number of hydrogen-bond donors (Lipinski definition) is 1. The van der Waals surface area contributed by atoms with E-state index in [1.54, 1.807) is 18.5 Å². The van der Waals surface area contributed by atoms with Gasteiger partial charge in [-0.25, -0.2) is 4.98 Å². The van der Waals surface area contributed by atoms with Crippen molar-refractivity contribution >= 4 is 34.3 Å². The van der Waals surface area contributed by atoms with E-state index in [2.05, 4.69) is 37.9 Å². The number of nitrogens with one attached hydrogen (secondary N) is 1. The second-order valence-electron chi connectivity index (χ2n) is 3.85. The first-order chi connectivity index (χ1) is 8.65. The fraction of sp³-hybridized carbons (Fsp3) is 0.154. The van der Waals surface area contributed by atoms with E-state index >= 15 is 0 Å². The summed E-state index contributed by atoms with van der Waals surface area (Å²) >= 11 is 2.17. The van der Waals surface area contributed by atoms with Gasteiger partial charge < -0.3 is 5.32 Å². The Balaban J connectivity index is 2.01. The summed E-state index contributed by atoms with van der Waals surface area (Å²) in [5.74, 6) is 0.458. The highest BCUT2D eigenvalue weighted by Crippen LogP contribution is 2.09. The molecule has 2 heterocycles. The maximum absolute atomic E-state index is 11.8. The highest BCUT2D eigenvalue weighted by molar-refractivity contribution is 14.1. The van der Waals surface area contributed by atoms with Gasteiger partial charge in [0.2, 0.25) is 5.91 Å². The number of aromatic nitrogens is 2. The van der Waals surface area contributed by atoms with E-state index < -0.39 is 0 Å². The molecule has 2 aromatic heterocycles. The fourth-order valence-corrected chi connectivity index (χ4v) is 1.81. The van der Waals surface area contributed by atoms with Crippen LogP contribution in [0.25, 0.3) is 0 Å². The third-order valence-electron chi connectivity index (χ3n) is 2.44. The summed E-state index contributed by atoms with van der Waals surface area (Å²) in [6, 6.07) is 7.48. The summed E-state index contributed by atoms with van der Waals surface area (Å²) in [5.41, 5.74) is 1.81. The minimum atomic E-state index is -0.106. The quantitative estimate of drug-likeness (QED) is 0.863. The maximum Gasteiger partial charge on any atom is 0.231 e. The van der Waals surface area contributed by atoms with Gasteiger partial charge in [0.05, 0.1) is 12.1 Å². The molecule has 0 atom stereocenters. The normalized spacial score (nSPS) is 10.1. The van der Waals surface area contributed by atoms with Crippen LogP contribution in [0.4, 0.5) is 5.82 Å². The van der Waals surface area contributed by atoms with Gasteiger partial charge in [-0.15, -0.1) is 0 Å². The van der Waals surface area contributed by atoms with Gasteiger partial charge in [-0.1, -0.05) is 6.07 Å². The van der Waals surface area contributed by atoms with Crippen molar-refractivity contribution in [2.45, 2.75) is 13.3 Å². The van der Waals surface area contributed by atoms with Crippen LogP contribution in [-0.4, -0.2) is 15.9 Å². The Morgan fingerprint density at radius 2 is 2.17 bits per heavy atom. The number of hydrogen-bond acceptors (Lipinski definition) is 3. The van der Waals surface area contributed by atoms with Gasteiger partial charge in [0.1, 0.15) is 5.82 Å². The molecule has 0 unspecified atom stereocenters. The van der Waals surface area contributed by atoms with Crippen LogP contribution < -0.4 is 5.32 Å². The van der Waals surface area contributed by atoms with E-state index in [0.29, 0.717) is 5.82 Å². The van der Waals surface area contributed by atoms with Crippen LogP contribution in [-0.2, 0) is 11.2 Å². The molecule has 0 aromatic carbocycles. The SMILES string of the molecule is Cc1cccnc1CC(=O)Nc1ccc(I)cn1. The number of anilines is 1. The van der Waals surface area contributed by atoms with Crippen molar-refractivity contribution in [3.05, 3.63) is 51.5 Å². The first-order valence-electron chi connectivity index (χ1n) is 5.47. The molecule has 0 spiro atoms. The minimum absolute atomic E-state index is 0.106. The van der Waals surface area contributed by atoms with Crippen molar-refractivity contribution in [2.75, 3.05) is 5.32 Å². The molecule has 2 aromatic rings. The minimum Gasteiger partial charge on any atom is -0.310 e. The van der Waals surface area contributed by atoms with Crippen LogP contribution in [0.15, 0.2) is 36.7 Å². The van der Waals surface area contributed by atoms with E-state index in [4.69, 9.17) is 0 Å². The van der Waals surface area contributed by atoms with Gasteiger partial charge in [-0.2, -0.15) is 0 Å². The molecule has 0 saturated heterocycles. The smallest absolute Gasteiger partial charge is 0.231 e. The maximum atomic E-state index is 11.8. The molecule has 0 radical (unpaired) electrons. The molecule has 4 nitrogen and oxygen atoms in total. The Hall–Kier alpha value is -1.50. The summed E-state index contributed by atoms with van der Waals surface area (Å²) in [6.07, 6.45) is 3.67. The number of amides is 1. The van der Waals surface area contributed by atoms with Crippen molar-refractivity contribution in [3.63, 3.8) is 0 Å². The standard InChI is InChI=1S/C13H12IN3O/c1-9-3-2-6-15-11(9)7-13(18)17-12-5-4-10(14)8-16-12/h2-6,8H,7H2,1H3,(H,16,17,18). The van der Waals surface area contributed by atoms with Gasteiger partial charge in [-0.05, 0) is 53.3 Å². The van der Waals surface area contributed by atoms with Crippen LogP contribution in [0, 0.1) is 10.5 Å². The first kappa shape index (κ1) is 12.9. The molecule has 0 saturated carbocycles. The number of nitrogens with zero attached hydrogens (tertiary/aromatic N) is 2. The molecule has 1 amide bonds. The van der Waals surface area contributed by atoms with Crippen molar-refractivity contribution in [1.82, 2.24) is 9.97 Å². The molecular weight excluding hydrogens is 341 g/mol. The lowest BCUT2D eigenvalue weighted by Gasteiger charge is -2.05. The van der Waals surface area contributed by atoms with Gasteiger partial charge in [0, 0.05) is 16.0 Å². The molecular formula is C13H12IN3O. The van der Waals surface area contributed by atoms with E-state index in [1.165, 1.54) is 0 Å². The predicted octanol–water partition coefficient (Wildman–Crippen LogP) is 2.57. The molecule has 5 heteroatoms. The number of carbonyl (C=O) groups excluding carboxylic acids is 1. The van der Waals surface area contributed by atoms with Crippen LogP contribution in [0.3, 0.4) is 0 Å². The largest absolute Gasteiger partial charge is 0.310 e. The summed E-state index contributed by atoms with van der Waals surface area (Å²) in [5, 5.41) is 2.75. The Bertz CT molecular complexity index is 554. The van der Waals surface area contributed by atoms with E-state index in [0.717, 1.165) is 14.8 Å². The molecule has 0 fully saturated rings. The lowest BCUT2D eigenvalue weighted by Crippen LogP contribution is -2.16. The van der Waals surface area contributed by atoms with Crippen molar-refractivity contribution in [3.8, 4) is 0 Å². The monoisotopic (exact) mass is 353 g/mol. The molecule has 1 N–H and O–H groups in total. The Labute approximate surface area is 119 Å². The zero-order valence-corrected chi connectivity index (χ0v) is 12.0. The Morgan fingerprint density at radius 3 is 2.83 bits per heavy atom. The second-order valence-corrected chi connectivity index (χ2v) is 5.10. The molecule has 0 bridgehead atoms. The van der Waals surface area contributed by atoms with Crippen molar-refractivity contribution < 1.29 is 4.79 Å². The van der Waals surface area contributed by atoms with Crippen LogP contribution in [0.5, 0.6) is 0 Å². The fourth-order valence-electron chi connectivity index (χ4n) is 1.49. The van der Waals surface area contributed by atoms with E-state index in [1.807, 2.05) is 25.1 Å². The topological polar surface area (TPSA) is 54.9 Å². The molecule has 92 valence electrons. The molecule has 0 aliphatic rings. The van der Waals surface area contributed by atoms with Crippen LogP contribution >= 0.6 is 22.6 Å². The summed E-state index contributed by atoms with van der Waals surface area (Å²) in [7, 11) is 0. The number of rotatable bonds is 3. The zero-order chi connectivity index (χ0) is 13.0. The summed E-state index contributed by atoms with van der Waals surface area (Å²) in [4.78, 5) is 20.1. The van der Waals surface area contributed by atoms with E-state index in [-0.39, 0.29) is 12.3 Å². The van der Waals surface area contributed by atoms with Gasteiger partial charge in [-0.3, -0.25) is 9.78 Å². The highest BCUT2D eigenvalue weighted by Gasteiger charge is 2.07. The average molecular weight is 353 g/mol. The molecule has 18 heavy (non-hydrogen) atoms. The van der Waals surface area contributed by atoms with Gasteiger partial charge >= 0.3 is 0 Å². The summed E-state index contributed by atoms with van der Waals surface area (Å²) in [6.45, 7) is 1.94. The molecule has 2 rings (SSSR count). The van der Waals surface area contributed by atoms with Gasteiger partial charge in [0.25, 0.3) is 0 Å².